The van der Waals surface area contributed by atoms with Crippen molar-refractivity contribution in [2.24, 2.45) is 5.73 Å². The van der Waals surface area contributed by atoms with Crippen molar-refractivity contribution in [3.63, 3.8) is 0 Å². The first-order chi connectivity index (χ1) is 11.7. The summed E-state index contributed by atoms with van der Waals surface area (Å²) < 4.78 is 0. The molecule has 0 spiro atoms. The zero-order valence-corrected chi connectivity index (χ0v) is 14.1. The molecule has 1 fully saturated rings. The first-order valence-corrected chi connectivity index (χ1v) is 8.55. The highest BCUT2D eigenvalue weighted by molar-refractivity contribution is 5.81. The van der Waals surface area contributed by atoms with Gasteiger partial charge in [0.25, 0.3) is 0 Å². The molecule has 0 unspecified atom stereocenters. The van der Waals surface area contributed by atoms with Gasteiger partial charge in [-0.25, -0.2) is 0 Å². The van der Waals surface area contributed by atoms with Gasteiger partial charge in [-0.3, -0.25) is 9.69 Å². The molecular formula is C20H25N3O. The Bertz CT molecular complexity index is 610. The Hall–Kier alpha value is -2.17. The maximum Gasteiger partial charge on any atom is 0.239 e. The van der Waals surface area contributed by atoms with Crippen molar-refractivity contribution in [2.45, 2.75) is 19.0 Å². The molecule has 3 rings (SSSR count). The van der Waals surface area contributed by atoms with E-state index in [2.05, 4.69) is 53.4 Å². The molecule has 0 aliphatic carbocycles. The van der Waals surface area contributed by atoms with Crippen LogP contribution >= 0.6 is 0 Å². The molecule has 0 bridgehead atoms. The molecule has 1 amide bonds. The number of carbonyl (C=O) groups excluding carboxylic acids is 1. The van der Waals surface area contributed by atoms with Crippen LogP contribution in [0.3, 0.4) is 0 Å². The van der Waals surface area contributed by atoms with Crippen LogP contribution in [0.4, 0.5) is 0 Å². The normalized spacial score (nSPS) is 17.0. The van der Waals surface area contributed by atoms with Gasteiger partial charge in [0.2, 0.25) is 5.91 Å². The summed E-state index contributed by atoms with van der Waals surface area (Å²) >= 11 is 0. The van der Waals surface area contributed by atoms with Crippen molar-refractivity contribution in [2.75, 3.05) is 26.2 Å². The minimum absolute atomic E-state index is 0.0469. The number of amides is 1. The lowest BCUT2D eigenvalue weighted by atomic mass is 9.96. The van der Waals surface area contributed by atoms with E-state index < -0.39 is 6.04 Å². The van der Waals surface area contributed by atoms with Crippen molar-refractivity contribution in [1.29, 1.82) is 0 Å². The SMILES string of the molecule is C[C@@H](N)C(=O)N1CCN(C(c2ccccc2)c2ccccc2)CC1. The maximum absolute atomic E-state index is 12.1. The van der Waals surface area contributed by atoms with Gasteiger partial charge in [-0.15, -0.1) is 0 Å². The minimum atomic E-state index is -0.421. The number of hydrogen-bond donors (Lipinski definition) is 1. The van der Waals surface area contributed by atoms with Crippen LogP contribution in [0.5, 0.6) is 0 Å². The minimum Gasteiger partial charge on any atom is -0.339 e. The van der Waals surface area contributed by atoms with Crippen molar-refractivity contribution in [1.82, 2.24) is 9.80 Å². The number of nitrogens with zero attached hydrogens (tertiary/aromatic N) is 2. The lowest BCUT2D eigenvalue weighted by Crippen LogP contribution is -2.53. The van der Waals surface area contributed by atoms with Crippen LogP contribution in [-0.2, 0) is 4.79 Å². The van der Waals surface area contributed by atoms with E-state index in [-0.39, 0.29) is 11.9 Å². The summed E-state index contributed by atoms with van der Waals surface area (Å²) in [5.41, 5.74) is 8.31. The van der Waals surface area contributed by atoms with Crippen LogP contribution in [-0.4, -0.2) is 47.9 Å². The Morgan fingerprint density at radius 2 is 1.33 bits per heavy atom. The van der Waals surface area contributed by atoms with Gasteiger partial charge in [-0.05, 0) is 18.1 Å². The third-order valence-corrected chi connectivity index (χ3v) is 4.61. The van der Waals surface area contributed by atoms with E-state index in [4.69, 9.17) is 5.73 Å². The Kier molecular flexibility index (Phi) is 5.28. The fourth-order valence-electron chi connectivity index (χ4n) is 3.37. The van der Waals surface area contributed by atoms with Gasteiger partial charge < -0.3 is 10.6 Å². The Labute approximate surface area is 143 Å². The van der Waals surface area contributed by atoms with E-state index in [0.717, 1.165) is 26.2 Å². The van der Waals surface area contributed by atoms with E-state index in [9.17, 15) is 4.79 Å². The summed E-state index contributed by atoms with van der Waals surface area (Å²) in [4.78, 5) is 16.4. The first-order valence-electron chi connectivity index (χ1n) is 8.55. The topological polar surface area (TPSA) is 49.6 Å². The Morgan fingerprint density at radius 3 is 1.75 bits per heavy atom. The zero-order valence-electron chi connectivity index (χ0n) is 14.1. The van der Waals surface area contributed by atoms with Gasteiger partial charge in [-0.2, -0.15) is 0 Å². The number of benzene rings is 2. The number of hydrogen-bond acceptors (Lipinski definition) is 3. The third-order valence-electron chi connectivity index (χ3n) is 4.61. The fourth-order valence-corrected chi connectivity index (χ4v) is 3.37. The first kappa shape index (κ1) is 16.7. The van der Waals surface area contributed by atoms with Crippen LogP contribution < -0.4 is 5.73 Å². The summed E-state index contributed by atoms with van der Waals surface area (Å²) in [6.45, 7) is 4.93. The number of rotatable bonds is 4. The number of piperazine rings is 1. The molecule has 4 nitrogen and oxygen atoms in total. The lowest BCUT2D eigenvalue weighted by molar-refractivity contribution is -0.134. The van der Waals surface area contributed by atoms with Crippen LogP contribution in [0.25, 0.3) is 0 Å². The lowest BCUT2D eigenvalue weighted by Gasteiger charge is -2.40. The van der Waals surface area contributed by atoms with Gasteiger partial charge >= 0.3 is 0 Å². The van der Waals surface area contributed by atoms with Gasteiger partial charge in [0.05, 0.1) is 12.1 Å². The number of nitrogens with two attached hydrogens (primary N) is 1. The van der Waals surface area contributed by atoms with Gasteiger partial charge in [-0.1, -0.05) is 60.7 Å². The van der Waals surface area contributed by atoms with Crippen LogP contribution in [0.1, 0.15) is 24.1 Å². The van der Waals surface area contributed by atoms with Crippen molar-refractivity contribution < 1.29 is 4.79 Å². The van der Waals surface area contributed by atoms with E-state index in [1.54, 1.807) is 6.92 Å². The van der Waals surface area contributed by atoms with Gasteiger partial charge in [0, 0.05) is 26.2 Å². The summed E-state index contributed by atoms with van der Waals surface area (Å²) in [7, 11) is 0. The molecule has 2 N–H and O–H groups in total. The molecule has 4 heteroatoms. The second kappa shape index (κ2) is 7.60. The monoisotopic (exact) mass is 323 g/mol. The van der Waals surface area contributed by atoms with Crippen molar-refractivity contribution in [3.05, 3.63) is 71.8 Å². The highest BCUT2D eigenvalue weighted by atomic mass is 16.2. The molecule has 0 aromatic heterocycles. The average Bonchev–Trinajstić information content (AvgIpc) is 2.64. The highest BCUT2D eigenvalue weighted by Gasteiger charge is 2.28. The molecule has 0 radical (unpaired) electrons. The fraction of sp³-hybridized carbons (Fsp3) is 0.350. The largest absolute Gasteiger partial charge is 0.339 e. The standard InChI is InChI=1S/C20H25N3O/c1-16(21)20(24)23-14-12-22(13-15-23)19(17-8-4-2-5-9-17)18-10-6-3-7-11-18/h2-11,16,19H,12-15,21H2,1H3/t16-/m1/s1. The smallest absolute Gasteiger partial charge is 0.239 e. The number of carbonyl (C=O) groups is 1. The van der Waals surface area contributed by atoms with Crippen molar-refractivity contribution in [3.8, 4) is 0 Å². The molecule has 1 aliphatic heterocycles. The summed E-state index contributed by atoms with van der Waals surface area (Å²) in [5, 5.41) is 0. The van der Waals surface area contributed by atoms with Crippen LogP contribution in [0, 0.1) is 0 Å². The molecule has 2 aromatic carbocycles. The second-order valence-corrected chi connectivity index (χ2v) is 6.37. The predicted molar refractivity (Wildman–Crippen MR) is 96.5 cm³/mol. The third kappa shape index (κ3) is 3.66. The maximum atomic E-state index is 12.1. The Balaban J connectivity index is 1.80. The van der Waals surface area contributed by atoms with Crippen LogP contribution in [0.2, 0.25) is 0 Å². The molecule has 24 heavy (non-hydrogen) atoms. The highest BCUT2D eigenvalue weighted by Crippen LogP contribution is 2.29. The quantitative estimate of drug-likeness (QED) is 0.939. The van der Waals surface area contributed by atoms with E-state index in [0.29, 0.717) is 0 Å². The molecular weight excluding hydrogens is 298 g/mol. The molecule has 1 aliphatic rings. The average molecular weight is 323 g/mol. The van der Waals surface area contributed by atoms with E-state index in [1.165, 1.54) is 11.1 Å². The molecule has 126 valence electrons. The summed E-state index contributed by atoms with van der Waals surface area (Å²) in [6, 6.07) is 20.9. The predicted octanol–water partition coefficient (Wildman–Crippen LogP) is 2.27. The van der Waals surface area contributed by atoms with Gasteiger partial charge in [0.15, 0.2) is 0 Å². The van der Waals surface area contributed by atoms with E-state index in [1.807, 2.05) is 17.0 Å². The van der Waals surface area contributed by atoms with Crippen molar-refractivity contribution >= 4 is 5.91 Å². The molecule has 0 saturated carbocycles. The summed E-state index contributed by atoms with van der Waals surface area (Å²) in [5.74, 6) is 0.0469. The van der Waals surface area contributed by atoms with Crippen LogP contribution in [0.15, 0.2) is 60.7 Å². The van der Waals surface area contributed by atoms with Gasteiger partial charge in [0.1, 0.15) is 0 Å². The zero-order chi connectivity index (χ0) is 16.9. The Morgan fingerprint density at radius 1 is 0.875 bits per heavy atom. The van der Waals surface area contributed by atoms with E-state index >= 15 is 0 Å². The summed E-state index contributed by atoms with van der Waals surface area (Å²) in [6.07, 6.45) is 0. The molecule has 1 heterocycles. The second-order valence-electron chi connectivity index (χ2n) is 6.37. The molecule has 1 atom stereocenters. The molecule has 2 aromatic rings. The molecule has 1 saturated heterocycles.